The standard InChI is InChI=1S/C25H34N6O4/c1-26-8-11-35-25-28-20(12-23(29-25)27-19-15-34-16-19)24(33)31-10-7-21(22(32)14-31)30-9-6-17-4-2-3-5-18(17)13-30/h2-5,12,19,21-22,26,32H,6-11,13-16H2,1H3,(H,27,28,29)/t21-,22-/m0/s1. The summed E-state index contributed by atoms with van der Waals surface area (Å²) in [6.45, 7) is 4.84. The van der Waals surface area contributed by atoms with Gasteiger partial charge in [0.05, 0.1) is 25.4 Å². The van der Waals surface area contributed by atoms with E-state index in [1.807, 2.05) is 7.05 Å². The summed E-state index contributed by atoms with van der Waals surface area (Å²) in [5, 5.41) is 17.3. The first-order chi connectivity index (χ1) is 17.1. The highest BCUT2D eigenvalue weighted by Crippen LogP contribution is 2.26. The molecule has 35 heavy (non-hydrogen) atoms. The molecule has 0 radical (unpaired) electrons. The van der Waals surface area contributed by atoms with Crippen LogP contribution in [0.4, 0.5) is 5.82 Å². The zero-order chi connectivity index (χ0) is 24.2. The summed E-state index contributed by atoms with van der Waals surface area (Å²) >= 11 is 0. The molecule has 3 N–H and O–H groups in total. The number of amides is 1. The number of carbonyl (C=O) groups is 1. The summed E-state index contributed by atoms with van der Waals surface area (Å²) < 4.78 is 10.9. The van der Waals surface area contributed by atoms with Crippen molar-refractivity contribution in [2.75, 3.05) is 58.4 Å². The fraction of sp³-hybridized carbons (Fsp3) is 0.560. The first kappa shape index (κ1) is 23.9. The van der Waals surface area contributed by atoms with Crippen molar-refractivity contribution in [1.29, 1.82) is 0 Å². The number of rotatable bonds is 8. The third-order valence-electron chi connectivity index (χ3n) is 6.96. The molecule has 0 unspecified atom stereocenters. The smallest absolute Gasteiger partial charge is 0.319 e. The van der Waals surface area contributed by atoms with Crippen LogP contribution >= 0.6 is 0 Å². The number of aliphatic hydroxyl groups is 1. The third-order valence-corrected chi connectivity index (χ3v) is 6.96. The number of likely N-dealkylation sites (tertiary alicyclic amines) is 1. The highest BCUT2D eigenvalue weighted by Gasteiger charge is 2.36. The van der Waals surface area contributed by atoms with E-state index in [1.165, 1.54) is 11.1 Å². The Balaban J connectivity index is 1.25. The van der Waals surface area contributed by atoms with Gasteiger partial charge in [-0.05, 0) is 31.0 Å². The van der Waals surface area contributed by atoms with E-state index in [0.29, 0.717) is 38.7 Å². The number of piperidine rings is 1. The molecular weight excluding hydrogens is 448 g/mol. The first-order valence-corrected chi connectivity index (χ1v) is 12.4. The van der Waals surface area contributed by atoms with Crippen molar-refractivity contribution in [3.63, 3.8) is 0 Å². The average molecular weight is 483 g/mol. The van der Waals surface area contributed by atoms with Gasteiger partial charge in [-0.15, -0.1) is 0 Å². The van der Waals surface area contributed by atoms with Gasteiger partial charge in [0.1, 0.15) is 18.1 Å². The highest BCUT2D eigenvalue weighted by atomic mass is 16.5. The lowest BCUT2D eigenvalue weighted by atomic mass is 9.94. The number of carbonyl (C=O) groups excluding carboxylic acids is 1. The van der Waals surface area contributed by atoms with Crippen LogP contribution in [0, 0.1) is 0 Å². The molecule has 1 aromatic carbocycles. The Morgan fingerprint density at radius 3 is 2.80 bits per heavy atom. The van der Waals surface area contributed by atoms with Gasteiger partial charge in [-0.1, -0.05) is 24.3 Å². The Morgan fingerprint density at radius 1 is 1.23 bits per heavy atom. The molecule has 2 aromatic rings. The maximum absolute atomic E-state index is 13.4. The lowest BCUT2D eigenvalue weighted by molar-refractivity contribution is -0.0139. The third kappa shape index (κ3) is 5.56. The van der Waals surface area contributed by atoms with Gasteiger partial charge in [0.15, 0.2) is 0 Å². The fourth-order valence-electron chi connectivity index (χ4n) is 4.94. The van der Waals surface area contributed by atoms with Crippen molar-refractivity contribution in [2.24, 2.45) is 0 Å². The zero-order valence-electron chi connectivity index (χ0n) is 20.2. The van der Waals surface area contributed by atoms with Crippen LogP contribution in [0.5, 0.6) is 6.01 Å². The van der Waals surface area contributed by atoms with Gasteiger partial charge in [0.25, 0.3) is 5.91 Å². The molecule has 0 aliphatic carbocycles. The van der Waals surface area contributed by atoms with Crippen molar-refractivity contribution in [3.05, 3.63) is 47.2 Å². The van der Waals surface area contributed by atoms with E-state index in [-0.39, 0.29) is 36.2 Å². The molecule has 5 rings (SSSR count). The number of nitrogens with zero attached hydrogens (tertiary/aromatic N) is 4. The van der Waals surface area contributed by atoms with E-state index in [9.17, 15) is 9.90 Å². The molecule has 188 valence electrons. The number of aliphatic hydroxyl groups excluding tert-OH is 1. The second-order valence-electron chi connectivity index (χ2n) is 9.42. The molecule has 0 bridgehead atoms. The van der Waals surface area contributed by atoms with Gasteiger partial charge in [-0.25, -0.2) is 0 Å². The average Bonchev–Trinajstić information content (AvgIpc) is 2.85. The van der Waals surface area contributed by atoms with Crippen LogP contribution in [0.2, 0.25) is 0 Å². The zero-order valence-corrected chi connectivity index (χ0v) is 20.2. The van der Waals surface area contributed by atoms with Crippen LogP contribution in [0.3, 0.4) is 0 Å². The monoisotopic (exact) mass is 482 g/mol. The van der Waals surface area contributed by atoms with Crippen molar-refractivity contribution < 1.29 is 19.4 Å². The second kappa shape index (κ2) is 10.9. The number of hydrogen-bond acceptors (Lipinski definition) is 9. The first-order valence-electron chi connectivity index (χ1n) is 12.4. The summed E-state index contributed by atoms with van der Waals surface area (Å²) in [4.78, 5) is 26.2. The number of nitrogens with one attached hydrogen (secondary N) is 2. The van der Waals surface area contributed by atoms with Gasteiger partial charge >= 0.3 is 6.01 Å². The molecule has 2 fully saturated rings. The quantitative estimate of drug-likeness (QED) is 0.464. The van der Waals surface area contributed by atoms with E-state index in [0.717, 1.165) is 25.9 Å². The Labute approximate surface area is 205 Å². The van der Waals surface area contributed by atoms with E-state index in [4.69, 9.17) is 9.47 Å². The predicted molar refractivity (Wildman–Crippen MR) is 131 cm³/mol. The molecule has 10 nitrogen and oxygen atoms in total. The van der Waals surface area contributed by atoms with Crippen molar-refractivity contribution >= 4 is 11.7 Å². The van der Waals surface area contributed by atoms with Gasteiger partial charge in [0.2, 0.25) is 0 Å². The molecule has 3 aliphatic heterocycles. The van der Waals surface area contributed by atoms with E-state index < -0.39 is 6.10 Å². The maximum Gasteiger partial charge on any atom is 0.319 e. The maximum atomic E-state index is 13.4. The molecule has 0 saturated carbocycles. The van der Waals surface area contributed by atoms with Gasteiger partial charge in [0, 0.05) is 44.8 Å². The molecule has 1 aromatic heterocycles. The SMILES string of the molecule is CNCCOc1nc(NC2COC2)cc(C(=O)N2CC[C@H](N3CCc4ccccc4C3)[C@@H](O)C2)n1. The van der Waals surface area contributed by atoms with E-state index in [1.54, 1.807) is 11.0 Å². The minimum absolute atomic E-state index is 0.0362. The Hall–Kier alpha value is -2.79. The van der Waals surface area contributed by atoms with Crippen LogP contribution in [-0.2, 0) is 17.7 Å². The number of benzene rings is 1. The van der Waals surface area contributed by atoms with Crippen molar-refractivity contribution in [3.8, 4) is 6.01 Å². The molecule has 4 heterocycles. The minimum Gasteiger partial charge on any atom is -0.462 e. The molecule has 2 atom stereocenters. The largest absolute Gasteiger partial charge is 0.462 e. The fourth-order valence-corrected chi connectivity index (χ4v) is 4.94. The van der Waals surface area contributed by atoms with Crippen LogP contribution < -0.4 is 15.4 Å². The topological polar surface area (TPSA) is 112 Å². The number of aromatic nitrogens is 2. The minimum atomic E-state index is -0.615. The van der Waals surface area contributed by atoms with Crippen molar-refractivity contribution in [2.45, 2.75) is 37.6 Å². The summed E-state index contributed by atoms with van der Waals surface area (Å²) in [7, 11) is 1.84. The number of hydrogen-bond donors (Lipinski definition) is 3. The van der Waals surface area contributed by atoms with Crippen LogP contribution in [0.15, 0.2) is 30.3 Å². The predicted octanol–water partition coefficient (Wildman–Crippen LogP) is 0.519. The van der Waals surface area contributed by atoms with E-state index in [2.05, 4.69) is 49.8 Å². The Bertz CT molecular complexity index is 1030. The number of fused-ring (bicyclic) bond motifs is 1. The molecule has 1 amide bonds. The summed E-state index contributed by atoms with van der Waals surface area (Å²) in [5.41, 5.74) is 2.98. The molecule has 0 spiro atoms. The number of anilines is 1. The molecule has 10 heteroatoms. The lowest BCUT2D eigenvalue weighted by Gasteiger charge is -2.43. The van der Waals surface area contributed by atoms with Gasteiger partial charge < -0.3 is 30.1 Å². The van der Waals surface area contributed by atoms with Crippen LogP contribution in [0.1, 0.15) is 28.0 Å². The Morgan fingerprint density at radius 2 is 2.06 bits per heavy atom. The summed E-state index contributed by atoms with van der Waals surface area (Å²) in [6, 6.07) is 10.5. The highest BCUT2D eigenvalue weighted by molar-refractivity contribution is 5.93. The molecule has 3 aliphatic rings. The number of likely N-dealkylation sites (N-methyl/N-ethyl adjacent to an activating group) is 1. The second-order valence-corrected chi connectivity index (χ2v) is 9.42. The van der Waals surface area contributed by atoms with Gasteiger partial charge in [-0.3, -0.25) is 9.69 Å². The van der Waals surface area contributed by atoms with Crippen LogP contribution in [-0.4, -0.2) is 102 Å². The molecule has 2 saturated heterocycles. The van der Waals surface area contributed by atoms with Crippen LogP contribution in [0.25, 0.3) is 0 Å². The summed E-state index contributed by atoms with van der Waals surface area (Å²) in [6.07, 6.45) is 1.09. The van der Waals surface area contributed by atoms with E-state index >= 15 is 0 Å². The normalized spacial score (nSPS) is 22.9. The Kier molecular flexibility index (Phi) is 7.43. The lowest BCUT2D eigenvalue weighted by Crippen LogP contribution is -2.56. The number of ether oxygens (including phenoxy) is 2. The molecular formula is C25H34N6O4. The van der Waals surface area contributed by atoms with Gasteiger partial charge in [-0.2, -0.15) is 9.97 Å². The van der Waals surface area contributed by atoms with Crippen molar-refractivity contribution in [1.82, 2.24) is 25.1 Å². The summed E-state index contributed by atoms with van der Waals surface area (Å²) in [5.74, 6) is 0.318. The number of β-amino-alcohol motifs (C(OH)–C–C–N with tert-alkyl or cyclic N) is 1.